The fourth-order valence-corrected chi connectivity index (χ4v) is 2.30. The molecule has 0 saturated carbocycles. The third-order valence-electron chi connectivity index (χ3n) is 1.97. The second kappa shape index (κ2) is 4.77. The van der Waals surface area contributed by atoms with Crippen LogP contribution >= 0.6 is 23.4 Å². The van der Waals surface area contributed by atoms with Gasteiger partial charge >= 0.3 is 0 Å². The molecule has 0 aliphatic rings. The van der Waals surface area contributed by atoms with Crippen LogP contribution in [0.5, 0.6) is 0 Å². The Bertz CT molecular complexity index is 540. The number of rotatable bonds is 2. The number of nitrogens with two attached hydrogens (primary N) is 2. The first kappa shape index (κ1) is 11.9. The maximum Gasteiger partial charge on any atom is 0.196 e. The maximum atomic E-state index is 5.83. The van der Waals surface area contributed by atoms with Gasteiger partial charge in [-0.25, -0.2) is 15.0 Å². The Morgan fingerprint density at radius 1 is 1.18 bits per heavy atom. The molecule has 5 nitrogen and oxygen atoms in total. The van der Waals surface area contributed by atoms with E-state index in [2.05, 4.69) is 15.0 Å². The zero-order valence-corrected chi connectivity index (χ0v) is 10.6. The fourth-order valence-electron chi connectivity index (χ4n) is 1.20. The molecule has 2 aromatic rings. The average Bonchev–Trinajstić information content (AvgIpc) is 2.22. The van der Waals surface area contributed by atoms with Crippen LogP contribution in [-0.2, 0) is 0 Å². The highest BCUT2D eigenvalue weighted by atomic mass is 35.5. The second-order valence-corrected chi connectivity index (χ2v) is 4.77. The molecule has 0 unspecified atom stereocenters. The predicted octanol–water partition coefficient (Wildman–Crippen LogP) is 2.15. The summed E-state index contributed by atoms with van der Waals surface area (Å²) in [5.41, 5.74) is 12.2. The normalized spacial score (nSPS) is 10.5. The highest BCUT2D eigenvalue weighted by molar-refractivity contribution is 7.99. The van der Waals surface area contributed by atoms with Crippen molar-refractivity contribution < 1.29 is 0 Å². The smallest absolute Gasteiger partial charge is 0.196 e. The molecule has 0 fully saturated rings. The summed E-state index contributed by atoms with van der Waals surface area (Å²) in [5.74, 6) is 0.690. The number of anilines is 2. The lowest BCUT2D eigenvalue weighted by atomic mass is 10.3. The van der Waals surface area contributed by atoms with Crippen molar-refractivity contribution in [1.82, 2.24) is 15.0 Å². The highest BCUT2D eigenvalue weighted by Gasteiger charge is 2.07. The summed E-state index contributed by atoms with van der Waals surface area (Å²) in [5, 5.41) is 0.919. The van der Waals surface area contributed by atoms with Crippen molar-refractivity contribution in [2.24, 2.45) is 0 Å². The standard InChI is InChI=1S/C10H10ClN5S/c1-5-4-14-7(11)2-6(5)17-10-15-8(12)3-9(13)16-10/h2-4H,1H3,(H4,12,13,15,16). The van der Waals surface area contributed by atoms with Crippen LogP contribution in [-0.4, -0.2) is 15.0 Å². The Labute approximate surface area is 108 Å². The van der Waals surface area contributed by atoms with E-state index in [0.717, 1.165) is 10.5 Å². The molecule has 0 spiro atoms. The van der Waals surface area contributed by atoms with Crippen LogP contribution in [0, 0.1) is 6.92 Å². The number of halogens is 1. The molecule has 0 amide bonds. The lowest BCUT2D eigenvalue weighted by Crippen LogP contribution is -1.99. The minimum Gasteiger partial charge on any atom is -0.383 e. The van der Waals surface area contributed by atoms with Crippen LogP contribution < -0.4 is 11.5 Å². The quantitative estimate of drug-likeness (QED) is 0.640. The van der Waals surface area contributed by atoms with Gasteiger partial charge in [-0.2, -0.15) is 0 Å². The Balaban J connectivity index is 2.34. The summed E-state index contributed by atoms with van der Waals surface area (Å²) in [6, 6.07) is 3.26. The van der Waals surface area contributed by atoms with Crippen molar-refractivity contribution in [3.05, 3.63) is 29.0 Å². The molecule has 0 aromatic carbocycles. The molecule has 2 aromatic heterocycles. The average molecular weight is 268 g/mol. The summed E-state index contributed by atoms with van der Waals surface area (Å²) in [6.45, 7) is 1.93. The van der Waals surface area contributed by atoms with Gasteiger partial charge in [0, 0.05) is 17.2 Å². The molecular formula is C10H10ClN5S. The van der Waals surface area contributed by atoms with E-state index in [1.807, 2.05) is 6.92 Å². The van der Waals surface area contributed by atoms with E-state index < -0.39 is 0 Å². The molecule has 0 bridgehead atoms. The van der Waals surface area contributed by atoms with Gasteiger partial charge in [0.1, 0.15) is 16.8 Å². The van der Waals surface area contributed by atoms with E-state index in [4.69, 9.17) is 23.1 Å². The zero-order chi connectivity index (χ0) is 12.4. The van der Waals surface area contributed by atoms with Crippen LogP contribution in [0.15, 0.2) is 28.4 Å². The molecule has 2 heterocycles. The first-order valence-corrected chi connectivity index (χ1v) is 5.94. The van der Waals surface area contributed by atoms with Crippen LogP contribution in [0.4, 0.5) is 11.6 Å². The number of hydrogen-bond acceptors (Lipinski definition) is 6. The van der Waals surface area contributed by atoms with Crippen LogP contribution in [0.1, 0.15) is 5.56 Å². The Morgan fingerprint density at radius 2 is 1.82 bits per heavy atom. The van der Waals surface area contributed by atoms with Crippen molar-refractivity contribution in [2.45, 2.75) is 17.0 Å². The van der Waals surface area contributed by atoms with Crippen LogP contribution in [0.3, 0.4) is 0 Å². The van der Waals surface area contributed by atoms with Crippen molar-refractivity contribution in [1.29, 1.82) is 0 Å². The van der Waals surface area contributed by atoms with Gasteiger partial charge < -0.3 is 11.5 Å². The van der Waals surface area contributed by atoms with E-state index in [1.54, 1.807) is 12.3 Å². The Morgan fingerprint density at radius 3 is 2.47 bits per heavy atom. The number of nitrogens with zero attached hydrogens (tertiary/aromatic N) is 3. The van der Waals surface area contributed by atoms with Crippen molar-refractivity contribution >= 4 is 35.0 Å². The number of hydrogen-bond donors (Lipinski definition) is 2. The number of pyridine rings is 1. The minimum atomic E-state index is 0.345. The zero-order valence-electron chi connectivity index (χ0n) is 9.01. The molecule has 17 heavy (non-hydrogen) atoms. The van der Waals surface area contributed by atoms with Gasteiger partial charge in [-0.3, -0.25) is 0 Å². The van der Waals surface area contributed by atoms with Gasteiger partial charge in [-0.15, -0.1) is 0 Å². The summed E-state index contributed by atoms with van der Waals surface area (Å²) >= 11 is 7.18. The van der Waals surface area contributed by atoms with E-state index in [-0.39, 0.29) is 0 Å². The van der Waals surface area contributed by atoms with Gasteiger partial charge in [0.15, 0.2) is 5.16 Å². The molecule has 4 N–H and O–H groups in total. The topological polar surface area (TPSA) is 90.7 Å². The molecule has 0 radical (unpaired) electrons. The number of nitrogen functional groups attached to an aromatic ring is 2. The highest BCUT2D eigenvalue weighted by Crippen LogP contribution is 2.29. The van der Waals surface area contributed by atoms with E-state index >= 15 is 0 Å². The SMILES string of the molecule is Cc1cnc(Cl)cc1Sc1nc(N)cc(N)n1. The van der Waals surface area contributed by atoms with Gasteiger partial charge in [-0.1, -0.05) is 11.6 Å². The van der Waals surface area contributed by atoms with E-state index in [1.165, 1.54) is 17.8 Å². The van der Waals surface area contributed by atoms with Crippen LogP contribution in [0.2, 0.25) is 5.15 Å². The lowest BCUT2D eigenvalue weighted by molar-refractivity contribution is 0.982. The van der Waals surface area contributed by atoms with Gasteiger partial charge in [0.05, 0.1) is 0 Å². The monoisotopic (exact) mass is 267 g/mol. The Kier molecular flexibility index (Phi) is 3.35. The number of aryl methyl sites for hydroxylation is 1. The molecule has 0 aliphatic carbocycles. The van der Waals surface area contributed by atoms with E-state index in [9.17, 15) is 0 Å². The largest absolute Gasteiger partial charge is 0.383 e. The van der Waals surface area contributed by atoms with Crippen LogP contribution in [0.25, 0.3) is 0 Å². The molecule has 88 valence electrons. The summed E-state index contributed by atoms with van der Waals surface area (Å²) in [4.78, 5) is 13.1. The summed E-state index contributed by atoms with van der Waals surface area (Å²) < 4.78 is 0. The van der Waals surface area contributed by atoms with Gasteiger partial charge in [0.2, 0.25) is 0 Å². The molecule has 0 aliphatic heterocycles. The molecule has 7 heteroatoms. The number of aromatic nitrogens is 3. The lowest BCUT2D eigenvalue weighted by Gasteiger charge is -2.05. The van der Waals surface area contributed by atoms with Crippen molar-refractivity contribution in [3.8, 4) is 0 Å². The van der Waals surface area contributed by atoms with Crippen molar-refractivity contribution in [3.63, 3.8) is 0 Å². The first-order chi connectivity index (χ1) is 8.04. The summed E-state index contributed by atoms with van der Waals surface area (Å²) in [6.07, 6.45) is 1.69. The van der Waals surface area contributed by atoms with Crippen molar-refractivity contribution in [2.75, 3.05) is 11.5 Å². The predicted molar refractivity (Wildman–Crippen MR) is 69.0 cm³/mol. The maximum absolute atomic E-state index is 5.83. The van der Waals surface area contributed by atoms with E-state index in [0.29, 0.717) is 21.9 Å². The minimum absolute atomic E-state index is 0.345. The molecule has 2 rings (SSSR count). The second-order valence-electron chi connectivity index (χ2n) is 3.37. The van der Waals surface area contributed by atoms with Gasteiger partial charge in [-0.05, 0) is 30.3 Å². The third kappa shape index (κ3) is 2.98. The Hall–Kier alpha value is -1.53. The third-order valence-corrected chi connectivity index (χ3v) is 3.20. The molecular weight excluding hydrogens is 258 g/mol. The first-order valence-electron chi connectivity index (χ1n) is 4.74. The fraction of sp³-hybridized carbons (Fsp3) is 0.100. The molecule has 0 atom stereocenters. The summed E-state index contributed by atoms with van der Waals surface area (Å²) in [7, 11) is 0. The molecule has 0 saturated heterocycles. The van der Waals surface area contributed by atoms with Gasteiger partial charge in [0.25, 0.3) is 0 Å².